The van der Waals surface area contributed by atoms with Gasteiger partial charge in [-0.1, -0.05) is 29.8 Å². The van der Waals surface area contributed by atoms with Crippen molar-refractivity contribution in [2.24, 2.45) is 0 Å². The molecule has 0 aliphatic carbocycles. The Bertz CT molecular complexity index is 747. The van der Waals surface area contributed by atoms with Gasteiger partial charge in [-0.2, -0.15) is 0 Å². The van der Waals surface area contributed by atoms with Crippen LogP contribution in [0.1, 0.15) is 29.2 Å². The van der Waals surface area contributed by atoms with Gasteiger partial charge in [-0.05, 0) is 50.7 Å². The number of aryl methyl sites for hydroxylation is 1. The van der Waals surface area contributed by atoms with Crippen LogP contribution < -0.4 is 0 Å². The van der Waals surface area contributed by atoms with E-state index in [1.165, 1.54) is 11.1 Å². The number of hydrogen-bond donors (Lipinski definition) is 0. The van der Waals surface area contributed by atoms with Crippen LogP contribution in [0.3, 0.4) is 0 Å². The van der Waals surface area contributed by atoms with Gasteiger partial charge < -0.3 is 4.90 Å². The predicted octanol–water partition coefficient (Wildman–Crippen LogP) is 2.73. The molecule has 0 N–H and O–H groups in total. The lowest BCUT2D eigenvalue weighted by atomic mass is 10.0. The van der Waals surface area contributed by atoms with Crippen LogP contribution in [-0.2, 0) is 11.3 Å². The topological polar surface area (TPSA) is 39.7 Å². The third-order valence-corrected chi connectivity index (χ3v) is 5.16. The summed E-state index contributed by atoms with van der Waals surface area (Å²) in [6.07, 6.45) is 4.68. The number of pyridine rings is 1. The van der Waals surface area contributed by atoms with Gasteiger partial charge in [-0.3, -0.25) is 19.6 Å². The molecule has 1 atom stereocenters. The molecule has 2 aromatic rings. The molecule has 5 nitrogen and oxygen atoms in total. The fourth-order valence-corrected chi connectivity index (χ4v) is 3.77. The van der Waals surface area contributed by atoms with Gasteiger partial charge in [-0.25, -0.2) is 0 Å². The minimum absolute atomic E-state index is 0.205. The third-order valence-electron chi connectivity index (χ3n) is 5.16. The molecule has 1 aliphatic heterocycles. The number of likely N-dealkylation sites (N-methyl/N-ethyl adjacent to an activating group) is 1. The molecule has 1 aromatic carbocycles. The average molecular weight is 367 g/mol. The van der Waals surface area contributed by atoms with E-state index in [9.17, 15) is 4.79 Å². The molecule has 3 rings (SSSR count). The first-order valence-electron chi connectivity index (χ1n) is 9.67. The highest BCUT2D eigenvalue weighted by molar-refractivity contribution is 5.83. The molecule has 2 heterocycles. The monoisotopic (exact) mass is 366 g/mol. The van der Waals surface area contributed by atoms with E-state index in [2.05, 4.69) is 47.1 Å². The van der Waals surface area contributed by atoms with Gasteiger partial charge in [0, 0.05) is 45.1 Å². The minimum atomic E-state index is -0.225. The summed E-state index contributed by atoms with van der Waals surface area (Å²) in [4.78, 5) is 23.9. The molecule has 144 valence electrons. The standard InChI is InChI=1S/C22H30N4O/c1-18-6-4-7-20(16-18)21(24(2)3)22(27)26-13-5-12-25(14-15-26)17-19-8-10-23-11-9-19/h4,6-11,16,21H,5,12-15,17H2,1-3H3/t21-/m0/s1. The van der Waals surface area contributed by atoms with Crippen molar-refractivity contribution in [2.75, 3.05) is 40.3 Å². The summed E-state index contributed by atoms with van der Waals surface area (Å²) < 4.78 is 0. The Morgan fingerprint density at radius 2 is 1.89 bits per heavy atom. The zero-order valence-electron chi connectivity index (χ0n) is 16.6. The number of rotatable bonds is 5. The maximum Gasteiger partial charge on any atom is 0.244 e. The highest BCUT2D eigenvalue weighted by Gasteiger charge is 2.29. The maximum atomic E-state index is 13.3. The summed E-state index contributed by atoms with van der Waals surface area (Å²) >= 11 is 0. The molecule has 5 heteroatoms. The van der Waals surface area contributed by atoms with Crippen LogP contribution in [0.2, 0.25) is 0 Å². The quantitative estimate of drug-likeness (QED) is 0.816. The van der Waals surface area contributed by atoms with Crippen LogP contribution in [0.5, 0.6) is 0 Å². The van der Waals surface area contributed by atoms with Gasteiger partial charge in [-0.15, -0.1) is 0 Å². The number of carbonyl (C=O) groups is 1. The summed E-state index contributed by atoms with van der Waals surface area (Å²) in [5.74, 6) is 0.205. The summed E-state index contributed by atoms with van der Waals surface area (Å²) in [7, 11) is 3.97. The molecule has 1 fully saturated rings. The summed E-state index contributed by atoms with van der Waals surface area (Å²) in [6.45, 7) is 6.51. The first kappa shape index (κ1) is 19.5. The molecule has 1 aliphatic rings. The van der Waals surface area contributed by atoms with E-state index in [0.717, 1.165) is 44.7 Å². The zero-order chi connectivity index (χ0) is 19.2. The van der Waals surface area contributed by atoms with Crippen molar-refractivity contribution < 1.29 is 4.79 Å². The van der Waals surface area contributed by atoms with Crippen molar-refractivity contribution >= 4 is 5.91 Å². The Hall–Kier alpha value is -2.24. The van der Waals surface area contributed by atoms with Crippen LogP contribution in [0, 0.1) is 6.92 Å². The smallest absolute Gasteiger partial charge is 0.244 e. The number of carbonyl (C=O) groups excluding carboxylic acids is 1. The van der Waals surface area contributed by atoms with E-state index in [-0.39, 0.29) is 11.9 Å². The molecule has 1 aromatic heterocycles. The number of hydrogen-bond acceptors (Lipinski definition) is 4. The van der Waals surface area contributed by atoms with Gasteiger partial charge in [0.25, 0.3) is 0 Å². The lowest BCUT2D eigenvalue weighted by molar-refractivity contribution is -0.136. The van der Waals surface area contributed by atoms with Crippen molar-refractivity contribution in [3.8, 4) is 0 Å². The van der Waals surface area contributed by atoms with Gasteiger partial charge in [0.15, 0.2) is 0 Å². The summed E-state index contributed by atoms with van der Waals surface area (Å²) in [5, 5.41) is 0. The first-order chi connectivity index (χ1) is 13.0. The van der Waals surface area contributed by atoms with E-state index in [1.807, 2.05) is 42.4 Å². The lowest BCUT2D eigenvalue weighted by Gasteiger charge is -2.30. The SMILES string of the molecule is Cc1cccc([C@@H](C(=O)N2CCCN(Cc3ccncc3)CC2)N(C)C)c1. The Kier molecular flexibility index (Phi) is 6.58. The number of amides is 1. The van der Waals surface area contributed by atoms with Gasteiger partial charge >= 0.3 is 0 Å². The number of nitrogens with zero attached hydrogens (tertiary/aromatic N) is 4. The zero-order valence-corrected chi connectivity index (χ0v) is 16.6. The van der Waals surface area contributed by atoms with Gasteiger partial charge in [0.05, 0.1) is 0 Å². The lowest BCUT2D eigenvalue weighted by Crippen LogP contribution is -2.42. The fraction of sp³-hybridized carbons (Fsp3) is 0.455. The van der Waals surface area contributed by atoms with Crippen LogP contribution in [0.4, 0.5) is 0 Å². The summed E-state index contributed by atoms with van der Waals surface area (Å²) in [5.41, 5.74) is 3.53. The molecule has 0 radical (unpaired) electrons. The van der Waals surface area contributed by atoms with Gasteiger partial charge in [0.1, 0.15) is 6.04 Å². The Balaban J connectivity index is 1.67. The molecule has 1 saturated heterocycles. The second kappa shape index (κ2) is 9.11. The van der Waals surface area contributed by atoms with Crippen molar-refractivity contribution in [3.63, 3.8) is 0 Å². The van der Waals surface area contributed by atoms with E-state index in [1.54, 1.807) is 0 Å². The van der Waals surface area contributed by atoms with Crippen LogP contribution in [0.25, 0.3) is 0 Å². The van der Waals surface area contributed by atoms with Gasteiger partial charge in [0.2, 0.25) is 5.91 Å². The maximum absolute atomic E-state index is 13.3. The van der Waals surface area contributed by atoms with Crippen molar-refractivity contribution in [2.45, 2.75) is 25.9 Å². The Labute approximate surface area is 162 Å². The number of aromatic nitrogens is 1. The van der Waals surface area contributed by atoms with E-state index in [4.69, 9.17) is 0 Å². The number of benzene rings is 1. The molecular formula is C22H30N4O. The van der Waals surface area contributed by atoms with Crippen LogP contribution >= 0.6 is 0 Å². The summed E-state index contributed by atoms with van der Waals surface area (Å²) in [6, 6.07) is 12.2. The van der Waals surface area contributed by atoms with Crippen molar-refractivity contribution in [1.82, 2.24) is 19.7 Å². The molecule has 0 saturated carbocycles. The molecule has 27 heavy (non-hydrogen) atoms. The predicted molar refractivity (Wildman–Crippen MR) is 108 cm³/mol. The van der Waals surface area contributed by atoms with E-state index in [0.29, 0.717) is 0 Å². The first-order valence-corrected chi connectivity index (χ1v) is 9.67. The van der Waals surface area contributed by atoms with Crippen molar-refractivity contribution in [3.05, 3.63) is 65.5 Å². The normalized spacial score (nSPS) is 17.0. The third kappa shape index (κ3) is 5.15. The highest BCUT2D eigenvalue weighted by atomic mass is 16.2. The molecule has 1 amide bonds. The molecule has 0 spiro atoms. The van der Waals surface area contributed by atoms with E-state index >= 15 is 0 Å². The minimum Gasteiger partial charge on any atom is -0.340 e. The van der Waals surface area contributed by atoms with Crippen molar-refractivity contribution in [1.29, 1.82) is 0 Å². The fourth-order valence-electron chi connectivity index (χ4n) is 3.77. The molecular weight excluding hydrogens is 336 g/mol. The molecule has 0 unspecified atom stereocenters. The average Bonchev–Trinajstić information content (AvgIpc) is 2.88. The van der Waals surface area contributed by atoms with E-state index < -0.39 is 0 Å². The second-order valence-corrected chi connectivity index (χ2v) is 7.59. The van der Waals surface area contributed by atoms with Crippen LogP contribution in [0.15, 0.2) is 48.8 Å². The Morgan fingerprint density at radius 3 is 2.59 bits per heavy atom. The second-order valence-electron chi connectivity index (χ2n) is 7.59. The molecule has 0 bridgehead atoms. The largest absolute Gasteiger partial charge is 0.340 e. The highest BCUT2D eigenvalue weighted by Crippen LogP contribution is 2.23. The Morgan fingerprint density at radius 1 is 1.11 bits per heavy atom. The van der Waals surface area contributed by atoms with Crippen LogP contribution in [-0.4, -0.2) is 65.9 Å².